The van der Waals surface area contributed by atoms with Crippen molar-refractivity contribution in [1.29, 1.82) is 0 Å². The van der Waals surface area contributed by atoms with Gasteiger partial charge in [0.15, 0.2) is 12.0 Å². The van der Waals surface area contributed by atoms with Crippen LogP contribution in [-0.2, 0) is 6.54 Å². The summed E-state index contributed by atoms with van der Waals surface area (Å²) in [4.78, 5) is 4.05. The van der Waals surface area contributed by atoms with Gasteiger partial charge in [-0.2, -0.15) is 0 Å². The molecule has 96 valence electrons. The number of halogens is 1. The molecule has 3 N–H and O–H groups in total. The zero-order chi connectivity index (χ0) is 13.2. The van der Waals surface area contributed by atoms with E-state index in [2.05, 4.69) is 10.3 Å². The lowest BCUT2D eigenvalue weighted by molar-refractivity contribution is 0.602. The van der Waals surface area contributed by atoms with Crippen LogP contribution < -0.4 is 11.1 Å². The van der Waals surface area contributed by atoms with Crippen LogP contribution in [0.5, 0.6) is 0 Å². The largest absolute Gasteiger partial charge is 0.443 e. The lowest BCUT2D eigenvalue weighted by Gasteiger charge is -2.09. The smallest absolute Gasteiger partial charge is 0.181 e. The van der Waals surface area contributed by atoms with Gasteiger partial charge in [0.05, 0.1) is 11.4 Å². The Balaban J connectivity index is 1.79. The van der Waals surface area contributed by atoms with Gasteiger partial charge in [0.25, 0.3) is 0 Å². The topological polar surface area (TPSA) is 64.1 Å². The van der Waals surface area contributed by atoms with Crippen molar-refractivity contribution in [2.45, 2.75) is 6.54 Å². The molecule has 0 aliphatic carbocycles. The lowest BCUT2D eigenvalue weighted by atomic mass is 10.2. The SMILES string of the molecule is Nc1ccc(F)cc1NCc1ccc2ncoc2c1. The summed E-state index contributed by atoms with van der Waals surface area (Å²) >= 11 is 0. The summed E-state index contributed by atoms with van der Waals surface area (Å²) in [6.07, 6.45) is 1.41. The second-order valence-electron chi connectivity index (χ2n) is 4.24. The first-order chi connectivity index (χ1) is 9.22. The summed E-state index contributed by atoms with van der Waals surface area (Å²) in [6.45, 7) is 0.532. The first-order valence-electron chi connectivity index (χ1n) is 5.83. The van der Waals surface area contributed by atoms with Gasteiger partial charge in [-0.3, -0.25) is 0 Å². The van der Waals surface area contributed by atoms with Crippen LogP contribution in [0.2, 0.25) is 0 Å². The average molecular weight is 257 g/mol. The van der Waals surface area contributed by atoms with Crippen molar-refractivity contribution in [3.05, 3.63) is 54.2 Å². The predicted molar refractivity (Wildman–Crippen MR) is 72.1 cm³/mol. The minimum absolute atomic E-state index is 0.317. The number of rotatable bonds is 3. The van der Waals surface area contributed by atoms with E-state index in [-0.39, 0.29) is 5.82 Å². The Morgan fingerprint density at radius 1 is 1.21 bits per heavy atom. The van der Waals surface area contributed by atoms with Crippen molar-refractivity contribution in [1.82, 2.24) is 4.98 Å². The van der Waals surface area contributed by atoms with Crippen LogP contribution in [0.15, 0.2) is 47.2 Å². The Morgan fingerprint density at radius 2 is 2.11 bits per heavy atom. The molecule has 4 nitrogen and oxygen atoms in total. The van der Waals surface area contributed by atoms with Gasteiger partial charge in [0.1, 0.15) is 11.3 Å². The highest BCUT2D eigenvalue weighted by Gasteiger charge is 2.03. The number of fused-ring (bicyclic) bond motifs is 1. The molecule has 19 heavy (non-hydrogen) atoms. The minimum atomic E-state index is -0.317. The van der Waals surface area contributed by atoms with Gasteiger partial charge in [-0.25, -0.2) is 9.37 Å². The molecule has 0 atom stereocenters. The van der Waals surface area contributed by atoms with Gasteiger partial charge in [-0.05, 0) is 35.9 Å². The fourth-order valence-electron chi connectivity index (χ4n) is 1.89. The monoisotopic (exact) mass is 257 g/mol. The fourth-order valence-corrected chi connectivity index (χ4v) is 1.89. The quantitative estimate of drug-likeness (QED) is 0.707. The van der Waals surface area contributed by atoms with Crippen LogP contribution in [0.25, 0.3) is 11.1 Å². The Labute approximate surface area is 109 Å². The van der Waals surface area contributed by atoms with E-state index >= 15 is 0 Å². The van der Waals surface area contributed by atoms with E-state index in [1.807, 2.05) is 18.2 Å². The van der Waals surface area contributed by atoms with Crippen LogP contribution in [0.4, 0.5) is 15.8 Å². The molecule has 0 fully saturated rings. The highest BCUT2D eigenvalue weighted by molar-refractivity contribution is 5.73. The van der Waals surface area contributed by atoms with Crippen LogP contribution in [0, 0.1) is 5.82 Å². The molecule has 0 aliphatic rings. The number of anilines is 2. The van der Waals surface area contributed by atoms with Crippen LogP contribution in [0.3, 0.4) is 0 Å². The number of nitrogens with zero attached hydrogens (tertiary/aromatic N) is 1. The van der Waals surface area contributed by atoms with E-state index in [0.717, 1.165) is 16.7 Å². The van der Waals surface area contributed by atoms with Crippen LogP contribution in [-0.4, -0.2) is 4.98 Å². The molecule has 0 spiro atoms. The first-order valence-corrected chi connectivity index (χ1v) is 5.83. The van der Waals surface area contributed by atoms with E-state index in [1.165, 1.54) is 24.6 Å². The molecule has 0 saturated carbocycles. The Bertz CT molecular complexity index is 724. The molecular weight excluding hydrogens is 245 g/mol. The summed E-state index contributed by atoms with van der Waals surface area (Å²) in [6, 6.07) is 9.96. The molecule has 3 aromatic rings. The molecule has 1 heterocycles. The molecular formula is C14H12FN3O. The fraction of sp³-hybridized carbons (Fsp3) is 0.0714. The minimum Gasteiger partial charge on any atom is -0.443 e. The van der Waals surface area contributed by atoms with Crippen LogP contribution >= 0.6 is 0 Å². The van der Waals surface area contributed by atoms with Gasteiger partial charge >= 0.3 is 0 Å². The third-order valence-electron chi connectivity index (χ3n) is 2.89. The van der Waals surface area contributed by atoms with E-state index in [1.54, 1.807) is 0 Å². The molecule has 5 heteroatoms. The molecule has 1 aromatic heterocycles. The Hall–Kier alpha value is -2.56. The van der Waals surface area contributed by atoms with Gasteiger partial charge in [-0.15, -0.1) is 0 Å². The van der Waals surface area contributed by atoms with E-state index in [0.29, 0.717) is 17.9 Å². The van der Waals surface area contributed by atoms with E-state index in [9.17, 15) is 4.39 Å². The van der Waals surface area contributed by atoms with Gasteiger partial charge in [-0.1, -0.05) is 6.07 Å². The summed E-state index contributed by atoms with van der Waals surface area (Å²) in [5.74, 6) is -0.317. The highest BCUT2D eigenvalue weighted by Crippen LogP contribution is 2.21. The second kappa shape index (κ2) is 4.61. The van der Waals surface area contributed by atoms with Crippen molar-refractivity contribution >= 4 is 22.5 Å². The second-order valence-corrected chi connectivity index (χ2v) is 4.24. The van der Waals surface area contributed by atoms with E-state index in [4.69, 9.17) is 10.2 Å². The standard InChI is InChI=1S/C14H12FN3O/c15-10-2-3-11(16)13(6-10)17-7-9-1-4-12-14(5-9)19-8-18-12/h1-6,8,17H,7,16H2. The molecule has 0 unspecified atom stereocenters. The molecule has 0 radical (unpaired) electrons. The maximum atomic E-state index is 13.1. The predicted octanol–water partition coefficient (Wildman–Crippen LogP) is 3.16. The summed E-state index contributed by atoms with van der Waals surface area (Å²) in [5, 5.41) is 3.10. The van der Waals surface area contributed by atoms with Gasteiger partial charge in [0.2, 0.25) is 0 Å². The number of nitrogens with one attached hydrogen (secondary N) is 1. The first kappa shape index (κ1) is 11.5. The van der Waals surface area contributed by atoms with E-state index < -0.39 is 0 Å². The van der Waals surface area contributed by atoms with Gasteiger partial charge < -0.3 is 15.5 Å². The lowest BCUT2D eigenvalue weighted by Crippen LogP contribution is -2.02. The van der Waals surface area contributed by atoms with Gasteiger partial charge in [0, 0.05) is 6.54 Å². The Morgan fingerprint density at radius 3 is 3.00 bits per heavy atom. The molecule has 0 aliphatic heterocycles. The molecule has 0 amide bonds. The zero-order valence-electron chi connectivity index (χ0n) is 10.1. The summed E-state index contributed by atoms with van der Waals surface area (Å²) in [5.41, 5.74) is 9.42. The summed E-state index contributed by atoms with van der Waals surface area (Å²) < 4.78 is 18.4. The van der Waals surface area contributed by atoms with Crippen molar-refractivity contribution in [2.75, 3.05) is 11.1 Å². The average Bonchev–Trinajstić information content (AvgIpc) is 2.87. The number of aromatic nitrogens is 1. The molecule has 0 saturated heterocycles. The number of oxazole rings is 1. The summed E-state index contributed by atoms with van der Waals surface area (Å²) in [7, 11) is 0. The maximum Gasteiger partial charge on any atom is 0.181 e. The Kier molecular flexibility index (Phi) is 2.79. The van der Waals surface area contributed by atoms with Crippen molar-refractivity contribution in [2.24, 2.45) is 0 Å². The third kappa shape index (κ3) is 2.35. The maximum absolute atomic E-state index is 13.1. The van der Waals surface area contributed by atoms with Crippen molar-refractivity contribution < 1.29 is 8.81 Å². The van der Waals surface area contributed by atoms with Crippen molar-refractivity contribution in [3.63, 3.8) is 0 Å². The highest BCUT2D eigenvalue weighted by atomic mass is 19.1. The third-order valence-corrected chi connectivity index (χ3v) is 2.89. The normalized spacial score (nSPS) is 10.8. The molecule has 3 rings (SSSR count). The number of benzene rings is 2. The molecule has 2 aromatic carbocycles. The number of nitrogens with two attached hydrogens (primary N) is 1. The molecule has 0 bridgehead atoms. The number of hydrogen-bond donors (Lipinski definition) is 2. The van der Waals surface area contributed by atoms with Crippen molar-refractivity contribution in [3.8, 4) is 0 Å². The zero-order valence-corrected chi connectivity index (χ0v) is 10.1. The number of nitrogen functional groups attached to an aromatic ring is 1. The van der Waals surface area contributed by atoms with Crippen LogP contribution in [0.1, 0.15) is 5.56 Å². The number of hydrogen-bond acceptors (Lipinski definition) is 4.